The third-order valence-electron chi connectivity index (χ3n) is 3.47. The minimum absolute atomic E-state index is 0.0467. The molecule has 0 fully saturated rings. The molecule has 0 bridgehead atoms. The number of phenolic OH excluding ortho intramolecular Hbond substituents is 1. The fourth-order valence-electron chi connectivity index (χ4n) is 2.19. The Balaban J connectivity index is 1.49. The molecule has 0 atom stereocenters. The van der Waals surface area contributed by atoms with Gasteiger partial charge < -0.3 is 9.84 Å². The van der Waals surface area contributed by atoms with E-state index in [1.54, 1.807) is 23.5 Å². The molecule has 3 aromatic rings. The molecule has 0 aliphatic rings. The van der Waals surface area contributed by atoms with Crippen LogP contribution >= 0.6 is 23.1 Å². The molecule has 1 amide bonds. The first-order valence-electron chi connectivity index (χ1n) is 8.42. The minimum atomic E-state index is -0.238. The number of amides is 1. The number of benzene rings is 2. The SMILES string of the molecule is CCCOc1ccc(/C=N/NC(=O)CSc2nc3ccccc3s2)c(O)c1. The molecule has 140 valence electrons. The van der Waals surface area contributed by atoms with Crippen molar-refractivity contribution in [3.05, 3.63) is 48.0 Å². The third kappa shape index (κ3) is 5.45. The molecule has 0 unspecified atom stereocenters. The van der Waals surface area contributed by atoms with Crippen LogP contribution in [0.4, 0.5) is 0 Å². The van der Waals surface area contributed by atoms with Gasteiger partial charge in [0.15, 0.2) is 4.34 Å². The summed E-state index contributed by atoms with van der Waals surface area (Å²) in [5, 5.41) is 13.9. The van der Waals surface area contributed by atoms with Gasteiger partial charge in [0.1, 0.15) is 11.5 Å². The van der Waals surface area contributed by atoms with E-state index in [1.165, 1.54) is 24.0 Å². The Kier molecular flexibility index (Phi) is 6.67. The Labute approximate surface area is 165 Å². The van der Waals surface area contributed by atoms with Crippen LogP contribution in [0.2, 0.25) is 0 Å². The topological polar surface area (TPSA) is 83.8 Å². The third-order valence-corrected chi connectivity index (χ3v) is 5.65. The van der Waals surface area contributed by atoms with Crippen molar-refractivity contribution in [1.82, 2.24) is 10.4 Å². The zero-order valence-electron chi connectivity index (χ0n) is 14.7. The molecule has 0 aliphatic heterocycles. The number of hydrogen-bond donors (Lipinski definition) is 2. The zero-order valence-corrected chi connectivity index (χ0v) is 16.3. The van der Waals surface area contributed by atoms with Gasteiger partial charge in [0.25, 0.3) is 5.91 Å². The molecule has 0 aliphatic carbocycles. The number of hydrogen-bond acceptors (Lipinski definition) is 7. The summed E-state index contributed by atoms with van der Waals surface area (Å²) < 4.78 is 7.39. The van der Waals surface area contributed by atoms with Crippen molar-refractivity contribution < 1.29 is 14.6 Å². The van der Waals surface area contributed by atoms with Gasteiger partial charge >= 0.3 is 0 Å². The lowest BCUT2D eigenvalue weighted by Crippen LogP contribution is -2.19. The monoisotopic (exact) mass is 401 g/mol. The predicted molar refractivity (Wildman–Crippen MR) is 110 cm³/mol. The van der Waals surface area contributed by atoms with E-state index < -0.39 is 0 Å². The summed E-state index contributed by atoms with van der Waals surface area (Å²) in [7, 11) is 0. The van der Waals surface area contributed by atoms with Gasteiger partial charge in [-0.25, -0.2) is 10.4 Å². The van der Waals surface area contributed by atoms with Crippen LogP contribution in [-0.2, 0) is 4.79 Å². The number of thioether (sulfide) groups is 1. The number of ether oxygens (including phenoxy) is 1. The average molecular weight is 402 g/mol. The van der Waals surface area contributed by atoms with Gasteiger partial charge in [0.2, 0.25) is 0 Å². The number of carbonyl (C=O) groups is 1. The normalized spacial score (nSPS) is 11.1. The molecule has 1 heterocycles. The lowest BCUT2D eigenvalue weighted by Gasteiger charge is -2.06. The average Bonchev–Trinajstić information content (AvgIpc) is 3.09. The van der Waals surface area contributed by atoms with Crippen LogP contribution in [0.5, 0.6) is 11.5 Å². The van der Waals surface area contributed by atoms with E-state index in [4.69, 9.17) is 4.74 Å². The molecule has 0 saturated heterocycles. The van der Waals surface area contributed by atoms with E-state index in [1.807, 2.05) is 31.2 Å². The summed E-state index contributed by atoms with van der Waals surface area (Å²) in [6.07, 6.45) is 2.30. The van der Waals surface area contributed by atoms with Gasteiger partial charge in [-0.3, -0.25) is 4.79 Å². The fraction of sp³-hybridized carbons (Fsp3) is 0.211. The molecule has 1 aromatic heterocycles. The summed E-state index contributed by atoms with van der Waals surface area (Å²) >= 11 is 2.93. The van der Waals surface area contributed by atoms with Gasteiger partial charge in [-0.1, -0.05) is 30.8 Å². The maximum Gasteiger partial charge on any atom is 0.250 e. The number of phenols is 1. The summed E-state index contributed by atoms with van der Waals surface area (Å²) in [6, 6.07) is 12.8. The second-order valence-corrected chi connectivity index (χ2v) is 7.85. The predicted octanol–water partition coefficient (Wildman–Crippen LogP) is 4.03. The summed E-state index contributed by atoms with van der Waals surface area (Å²) in [5.74, 6) is 0.624. The van der Waals surface area contributed by atoms with E-state index in [2.05, 4.69) is 15.5 Å². The Morgan fingerprint density at radius 1 is 1.37 bits per heavy atom. The molecular weight excluding hydrogens is 382 g/mol. The van der Waals surface area contributed by atoms with E-state index in [-0.39, 0.29) is 17.4 Å². The van der Waals surface area contributed by atoms with Crippen molar-refractivity contribution in [3.8, 4) is 11.5 Å². The smallest absolute Gasteiger partial charge is 0.250 e. The number of thiazole rings is 1. The standard InChI is InChI=1S/C19H19N3O3S2/c1-2-9-25-14-8-7-13(16(23)10-14)11-20-22-18(24)12-26-19-21-15-5-3-4-6-17(15)27-19/h3-8,10-11,23H,2,9,12H2,1H3,(H,22,24)/b20-11+. The van der Waals surface area contributed by atoms with E-state index in [9.17, 15) is 9.90 Å². The van der Waals surface area contributed by atoms with E-state index in [0.717, 1.165) is 21.0 Å². The number of nitrogens with zero attached hydrogens (tertiary/aromatic N) is 2. The Bertz CT molecular complexity index is 923. The van der Waals surface area contributed by atoms with Gasteiger partial charge in [-0.15, -0.1) is 11.3 Å². The Hall–Kier alpha value is -2.58. The largest absolute Gasteiger partial charge is 0.507 e. The van der Waals surface area contributed by atoms with Crippen LogP contribution in [0.1, 0.15) is 18.9 Å². The highest BCUT2D eigenvalue weighted by atomic mass is 32.2. The first kappa shape index (κ1) is 19.2. The van der Waals surface area contributed by atoms with Crippen LogP contribution in [0.25, 0.3) is 10.2 Å². The van der Waals surface area contributed by atoms with Gasteiger partial charge in [-0.05, 0) is 30.7 Å². The van der Waals surface area contributed by atoms with Crippen molar-refractivity contribution >= 4 is 45.4 Å². The summed E-state index contributed by atoms with van der Waals surface area (Å²) in [6.45, 7) is 2.61. The first-order valence-corrected chi connectivity index (χ1v) is 10.2. The lowest BCUT2D eigenvalue weighted by atomic mass is 10.2. The molecule has 6 nitrogen and oxygen atoms in total. The van der Waals surface area contributed by atoms with Crippen molar-refractivity contribution in [2.24, 2.45) is 5.10 Å². The molecule has 2 aromatic carbocycles. The van der Waals surface area contributed by atoms with Crippen LogP contribution in [0.3, 0.4) is 0 Å². The van der Waals surface area contributed by atoms with Crippen molar-refractivity contribution in [3.63, 3.8) is 0 Å². The van der Waals surface area contributed by atoms with Crippen molar-refractivity contribution in [1.29, 1.82) is 0 Å². The highest BCUT2D eigenvalue weighted by Crippen LogP contribution is 2.29. The van der Waals surface area contributed by atoms with Crippen LogP contribution in [-0.4, -0.2) is 34.6 Å². The van der Waals surface area contributed by atoms with Crippen LogP contribution < -0.4 is 10.2 Å². The van der Waals surface area contributed by atoms with E-state index >= 15 is 0 Å². The number of carbonyl (C=O) groups excluding carboxylic acids is 1. The molecule has 2 N–H and O–H groups in total. The van der Waals surface area contributed by atoms with Gasteiger partial charge in [0, 0.05) is 11.6 Å². The number of fused-ring (bicyclic) bond motifs is 1. The molecule has 27 heavy (non-hydrogen) atoms. The highest BCUT2D eigenvalue weighted by Gasteiger charge is 2.07. The Morgan fingerprint density at radius 2 is 2.22 bits per heavy atom. The fourth-order valence-corrected chi connectivity index (χ4v) is 4.05. The maximum absolute atomic E-state index is 11.9. The molecule has 8 heteroatoms. The van der Waals surface area contributed by atoms with E-state index in [0.29, 0.717) is 17.9 Å². The number of hydrazone groups is 1. The maximum atomic E-state index is 11.9. The highest BCUT2D eigenvalue weighted by molar-refractivity contribution is 8.01. The van der Waals surface area contributed by atoms with Crippen molar-refractivity contribution in [2.75, 3.05) is 12.4 Å². The van der Waals surface area contributed by atoms with Crippen LogP contribution in [0.15, 0.2) is 51.9 Å². The number of para-hydroxylation sites is 1. The number of rotatable bonds is 8. The van der Waals surface area contributed by atoms with Gasteiger partial charge in [0.05, 0.1) is 28.8 Å². The lowest BCUT2D eigenvalue weighted by molar-refractivity contribution is -0.118. The zero-order chi connectivity index (χ0) is 19.1. The number of aromatic hydroxyl groups is 1. The molecule has 0 saturated carbocycles. The molecule has 0 spiro atoms. The minimum Gasteiger partial charge on any atom is -0.507 e. The van der Waals surface area contributed by atoms with Crippen molar-refractivity contribution in [2.45, 2.75) is 17.7 Å². The molecule has 0 radical (unpaired) electrons. The first-order chi connectivity index (χ1) is 13.2. The summed E-state index contributed by atoms with van der Waals surface area (Å²) in [4.78, 5) is 16.4. The number of nitrogens with one attached hydrogen (secondary N) is 1. The molecule has 3 rings (SSSR count). The second-order valence-electron chi connectivity index (χ2n) is 5.60. The summed E-state index contributed by atoms with van der Waals surface area (Å²) in [5.41, 5.74) is 3.89. The second kappa shape index (κ2) is 9.38. The number of aromatic nitrogens is 1. The Morgan fingerprint density at radius 3 is 3.00 bits per heavy atom. The van der Waals surface area contributed by atoms with Crippen LogP contribution in [0, 0.1) is 0 Å². The molecular formula is C19H19N3O3S2. The quantitative estimate of drug-likeness (QED) is 0.338. The van der Waals surface area contributed by atoms with Gasteiger partial charge in [-0.2, -0.15) is 5.10 Å².